The Balaban J connectivity index is 1.37. The number of nitrogens with one attached hydrogen (secondary N) is 3. The first-order chi connectivity index (χ1) is 16.8. The van der Waals surface area contributed by atoms with Crippen molar-refractivity contribution in [1.29, 1.82) is 0 Å². The molecule has 0 spiro atoms. The zero-order valence-corrected chi connectivity index (χ0v) is 19.1. The lowest BCUT2D eigenvalue weighted by atomic mass is 9.91. The zero-order valence-electron chi connectivity index (χ0n) is 19.1. The van der Waals surface area contributed by atoms with Gasteiger partial charge in [-0.2, -0.15) is 9.97 Å². The summed E-state index contributed by atoms with van der Waals surface area (Å²) in [4.78, 5) is 17.0. The minimum atomic E-state index is 0.185. The fourth-order valence-corrected chi connectivity index (χ4v) is 4.18. The van der Waals surface area contributed by atoms with Gasteiger partial charge in [0.1, 0.15) is 5.52 Å². The van der Waals surface area contributed by atoms with Crippen LogP contribution in [0.3, 0.4) is 0 Å². The number of aromatic amines is 1. The Morgan fingerprint density at radius 2 is 1.29 bits per heavy atom. The molecule has 1 unspecified atom stereocenters. The number of aromatic nitrogens is 4. The lowest BCUT2D eigenvalue weighted by Crippen LogP contribution is -2.17. The highest BCUT2D eigenvalue weighted by molar-refractivity contribution is 5.83. The van der Waals surface area contributed by atoms with Crippen LogP contribution in [-0.2, 0) is 0 Å². The number of nitrogens with zero attached hydrogens (tertiary/aromatic N) is 3. The smallest absolute Gasteiger partial charge is 0.226 e. The molecule has 0 aliphatic carbocycles. The van der Waals surface area contributed by atoms with Gasteiger partial charge in [0.15, 0.2) is 11.5 Å². The van der Waals surface area contributed by atoms with Crippen molar-refractivity contribution in [1.82, 2.24) is 19.9 Å². The fraction of sp³-hybridized carbons (Fsp3) is 0.179. The van der Waals surface area contributed by atoms with Crippen molar-refractivity contribution in [2.75, 3.05) is 23.7 Å². The highest BCUT2D eigenvalue weighted by atomic mass is 15.2. The van der Waals surface area contributed by atoms with Crippen LogP contribution in [0.5, 0.6) is 0 Å². The van der Waals surface area contributed by atoms with E-state index in [-0.39, 0.29) is 5.92 Å². The van der Waals surface area contributed by atoms with E-state index in [0.29, 0.717) is 24.1 Å². The van der Waals surface area contributed by atoms with E-state index >= 15 is 0 Å². The topological polar surface area (TPSA) is 78.5 Å². The molecular formula is C28H28N6. The largest absolute Gasteiger partial charge is 0.367 e. The second-order valence-corrected chi connectivity index (χ2v) is 8.44. The number of anilines is 2. The normalized spacial score (nSPS) is 12.1. The molecule has 5 rings (SSSR count). The molecule has 3 aromatic carbocycles. The van der Waals surface area contributed by atoms with Crippen molar-refractivity contribution in [2.24, 2.45) is 0 Å². The van der Waals surface area contributed by atoms with Crippen LogP contribution in [0.4, 0.5) is 11.8 Å². The third kappa shape index (κ3) is 4.91. The quantitative estimate of drug-likeness (QED) is 0.265. The van der Waals surface area contributed by atoms with E-state index in [1.807, 2.05) is 18.2 Å². The van der Waals surface area contributed by atoms with E-state index in [0.717, 1.165) is 17.9 Å². The molecule has 0 radical (unpaired) electrons. The van der Waals surface area contributed by atoms with Crippen LogP contribution in [0.25, 0.3) is 11.2 Å². The molecule has 0 amide bonds. The van der Waals surface area contributed by atoms with Gasteiger partial charge < -0.3 is 15.6 Å². The Morgan fingerprint density at radius 1 is 0.706 bits per heavy atom. The third-order valence-electron chi connectivity index (χ3n) is 6.10. The summed E-state index contributed by atoms with van der Waals surface area (Å²) in [5.41, 5.74) is 5.24. The van der Waals surface area contributed by atoms with Gasteiger partial charge in [0.05, 0.1) is 6.33 Å². The molecule has 0 bridgehead atoms. The highest BCUT2D eigenvalue weighted by Crippen LogP contribution is 2.27. The van der Waals surface area contributed by atoms with E-state index in [4.69, 9.17) is 4.98 Å². The van der Waals surface area contributed by atoms with Crippen LogP contribution in [0, 0.1) is 0 Å². The number of rotatable bonds is 9. The molecule has 170 valence electrons. The van der Waals surface area contributed by atoms with Crippen molar-refractivity contribution in [2.45, 2.75) is 18.8 Å². The minimum Gasteiger partial charge on any atom is -0.367 e. The van der Waals surface area contributed by atoms with E-state index in [1.165, 1.54) is 16.7 Å². The van der Waals surface area contributed by atoms with Gasteiger partial charge in [-0.15, -0.1) is 0 Å². The summed E-state index contributed by atoms with van der Waals surface area (Å²) in [6, 6.07) is 31.6. The van der Waals surface area contributed by atoms with Crippen LogP contribution in [0.15, 0.2) is 97.3 Å². The number of hydrogen-bond acceptors (Lipinski definition) is 5. The molecule has 3 N–H and O–H groups in total. The molecule has 0 aliphatic heterocycles. The second kappa shape index (κ2) is 10.2. The SMILES string of the molecule is CC(CNc1nc(NCC(c2ccccc2)c2ccccc2)c2[nH]cnc2n1)c1ccccc1. The molecule has 0 aliphatic rings. The molecule has 1 atom stereocenters. The maximum atomic E-state index is 4.79. The first-order valence-electron chi connectivity index (χ1n) is 11.6. The summed E-state index contributed by atoms with van der Waals surface area (Å²) in [6.45, 7) is 3.62. The maximum Gasteiger partial charge on any atom is 0.226 e. The summed E-state index contributed by atoms with van der Waals surface area (Å²) in [5.74, 6) is 1.83. The molecule has 0 saturated heterocycles. The van der Waals surface area contributed by atoms with Crippen LogP contribution in [-0.4, -0.2) is 33.0 Å². The second-order valence-electron chi connectivity index (χ2n) is 8.44. The predicted molar refractivity (Wildman–Crippen MR) is 138 cm³/mol. The van der Waals surface area contributed by atoms with Crippen LogP contribution >= 0.6 is 0 Å². The first-order valence-corrected chi connectivity index (χ1v) is 11.6. The number of fused-ring (bicyclic) bond motifs is 1. The van der Waals surface area contributed by atoms with E-state index in [2.05, 4.69) is 105 Å². The average molecular weight is 449 g/mol. The standard InChI is InChI=1S/C28H28N6/c1-20(21-11-5-2-6-12-21)17-30-28-33-26(25-27(34-28)32-19-31-25)29-18-24(22-13-7-3-8-14-22)23-15-9-4-10-16-23/h2-16,19-20,24H,17-18H2,1H3,(H3,29,30,31,32,33,34). The number of benzene rings is 3. The molecule has 6 heteroatoms. The molecular weight excluding hydrogens is 420 g/mol. The van der Waals surface area contributed by atoms with Crippen molar-refractivity contribution < 1.29 is 0 Å². The van der Waals surface area contributed by atoms with Gasteiger partial charge in [-0.05, 0) is 22.6 Å². The highest BCUT2D eigenvalue weighted by Gasteiger charge is 2.17. The molecule has 5 aromatic rings. The van der Waals surface area contributed by atoms with Gasteiger partial charge in [-0.1, -0.05) is 97.9 Å². The number of imidazole rings is 1. The molecule has 34 heavy (non-hydrogen) atoms. The summed E-state index contributed by atoms with van der Waals surface area (Å²) in [7, 11) is 0. The van der Waals surface area contributed by atoms with Crippen LogP contribution in [0.1, 0.15) is 35.4 Å². The Morgan fingerprint density at radius 3 is 1.91 bits per heavy atom. The Kier molecular flexibility index (Phi) is 6.47. The lowest BCUT2D eigenvalue weighted by molar-refractivity contribution is 0.797. The molecule has 0 fully saturated rings. The molecule has 0 saturated carbocycles. The van der Waals surface area contributed by atoms with Crippen molar-refractivity contribution in [3.8, 4) is 0 Å². The van der Waals surface area contributed by atoms with E-state index in [1.54, 1.807) is 6.33 Å². The summed E-state index contributed by atoms with van der Waals surface area (Å²) < 4.78 is 0. The molecule has 2 aromatic heterocycles. The van der Waals surface area contributed by atoms with Gasteiger partial charge in [0.2, 0.25) is 5.95 Å². The van der Waals surface area contributed by atoms with Crippen LogP contribution < -0.4 is 10.6 Å². The van der Waals surface area contributed by atoms with E-state index in [9.17, 15) is 0 Å². The third-order valence-corrected chi connectivity index (χ3v) is 6.10. The Bertz CT molecular complexity index is 1280. The van der Waals surface area contributed by atoms with Gasteiger partial charge in [0, 0.05) is 19.0 Å². The lowest BCUT2D eigenvalue weighted by Gasteiger charge is -2.20. The van der Waals surface area contributed by atoms with Gasteiger partial charge in [-0.3, -0.25) is 0 Å². The first kappa shape index (κ1) is 21.6. The minimum absolute atomic E-state index is 0.185. The molecule has 6 nitrogen and oxygen atoms in total. The number of hydrogen-bond donors (Lipinski definition) is 3. The maximum absolute atomic E-state index is 4.79. The van der Waals surface area contributed by atoms with Gasteiger partial charge in [0.25, 0.3) is 0 Å². The Hall–Kier alpha value is -4.19. The van der Waals surface area contributed by atoms with Crippen molar-refractivity contribution in [3.05, 3.63) is 114 Å². The van der Waals surface area contributed by atoms with Gasteiger partial charge >= 0.3 is 0 Å². The summed E-state index contributed by atoms with van der Waals surface area (Å²) in [6.07, 6.45) is 1.66. The monoisotopic (exact) mass is 448 g/mol. The average Bonchev–Trinajstić information content (AvgIpc) is 3.38. The fourth-order valence-electron chi connectivity index (χ4n) is 4.18. The number of H-pyrrole nitrogens is 1. The van der Waals surface area contributed by atoms with E-state index < -0.39 is 0 Å². The van der Waals surface area contributed by atoms with Gasteiger partial charge in [-0.25, -0.2) is 4.98 Å². The Labute approximate surface area is 199 Å². The summed E-state index contributed by atoms with van der Waals surface area (Å²) >= 11 is 0. The van der Waals surface area contributed by atoms with Crippen LogP contribution in [0.2, 0.25) is 0 Å². The zero-order chi connectivity index (χ0) is 23.2. The summed E-state index contributed by atoms with van der Waals surface area (Å²) in [5, 5.41) is 6.97. The van der Waals surface area contributed by atoms with Crippen molar-refractivity contribution in [3.63, 3.8) is 0 Å². The predicted octanol–water partition coefficient (Wildman–Crippen LogP) is 5.81. The molecule has 2 heterocycles. The van der Waals surface area contributed by atoms with Crippen molar-refractivity contribution >= 4 is 22.9 Å².